The van der Waals surface area contributed by atoms with Crippen molar-refractivity contribution in [1.82, 2.24) is 4.98 Å². The van der Waals surface area contributed by atoms with Crippen LogP contribution in [-0.4, -0.2) is 23.9 Å². The quantitative estimate of drug-likeness (QED) is 0.616. The van der Waals surface area contributed by atoms with Crippen LogP contribution in [0, 0.1) is 5.82 Å². The van der Waals surface area contributed by atoms with E-state index in [1.54, 1.807) is 42.5 Å². The van der Waals surface area contributed by atoms with Gasteiger partial charge in [-0.1, -0.05) is 29.8 Å². The molecule has 3 aromatic rings. The SMILES string of the molecule is COc1cccc(N(C(C)=O)c2cc(NC(=O)Cc3cccc(F)c3Cl)ccn2)c1. The molecule has 6 nitrogen and oxygen atoms in total. The van der Waals surface area contributed by atoms with E-state index in [0.717, 1.165) is 0 Å². The zero-order valence-corrected chi connectivity index (χ0v) is 17.1. The summed E-state index contributed by atoms with van der Waals surface area (Å²) in [6.45, 7) is 1.42. The summed E-state index contributed by atoms with van der Waals surface area (Å²) in [5.41, 5.74) is 1.39. The van der Waals surface area contributed by atoms with E-state index in [-0.39, 0.29) is 23.3 Å². The van der Waals surface area contributed by atoms with Gasteiger partial charge in [0.05, 0.1) is 24.2 Å². The van der Waals surface area contributed by atoms with Gasteiger partial charge in [-0.15, -0.1) is 0 Å². The summed E-state index contributed by atoms with van der Waals surface area (Å²) < 4.78 is 18.8. The first kappa shape index (κ1) is 21.3. The second kappa shape index (κ2) is 9.37. The second-order valence-corrected chi connectivity index (χ2v) is 6.77. The van der Waals surface area contributed by atoms with Gasteiger partial charge in [-0.25, -0.2) is 9.37 Å². The maximum absolute atomic E-state index is 13.6. The highest BCUT2D eigenvalue weighted by atomic mass is 35.5. The van der Waals surface area contributed by atoms with Crippen molar-refractivity contribution in [3.63, 3.8) is 0 Å². The lowest BCUT2D eigenvalue weighted by Gasteiger charge is -2.21. The van der Waals surface area contributed by atoms with E-state index in [4.69, 9.17) is 16.3 Å². The molecule has 1 aromatic heterocycles. The van der Waals surface area contributed by atoms with E-state index < -0.39 is 5.82 Å². The molecule has 0 spiro atoms. The fourth-order valence-corrected chi connectivity index (χ4v) is 3.10. The van der Waals surface area contributed by atoms with Crippen molar-refractivity contribution in [2.75, 3.05) is 17.3 Å². The van der Waals surface area contributed by atoms with Gasteiger partial charge in [0, 0.05) is 30.9 Å². The molecular weight excluding hydrogens is 409 g/mol. The molecule has 154 valence electrons. The largest absolute Gasteiger partial charge is 0.497 e. The molecule has 3 rings (SSSR count). The summed E-state index contributed by atoms with van der Waals surface area (Å²) in [6, 6.07) is 14.5. The lowest BCUT2D eigenvalue weighted by Crippen LogP contribution is -2.24. The number of pyridine rings is 1. The number of benzene rings is 2. The average Bonchev–Trinajstić information content (AvgIpc) is 2.72. The van der Waals surface area contributed by atoms with Crippen LogP contribution in [0.1, 0.15) is 12.5 Å². The topological polar surface area (TPSA) is 71.5 Å². The number of anilines is 3. The van der Waals surface area contributed by atoms with Crippen LogP contribution in [0.25, 0.3) is 0 Å². The summed E-state index contributed by atoms with van der Waals surface area (Å²) in [6.07, 6.45) is 1.39. The molecule has 0 aliphatic carbocycles. The van der Waals surface area contributed by atoms with Gasteiger partial charge in [-0.05, 0) is 29.8 Å². The summed E-state index contributed by atoms with van der Waals surface area (Å²) in [5.74, 6) is -0.294. The number of methoxy groups -OCH3 is 1. The fraction of sp³-hybridized carbons (Fsp3) is 0.136. The lowest BCUT2D eigenvalue weighted by molar-refractivity contribution is -0.116. The molecule has 0 bridgehead atoms. The minimum Gasteiger partial charge on any atom is -0.497 e. The van der Waals surface area contributed by atoms with Crippen LogP contribution in [0.15, 0.2) is 60.8 Å². The molecule has 2 aromatic carbocycles. The molecule has 0 saturated heterocycles. The van der Waals surface area contributed by atoms with E-state index >= 15 is 0 Å². The molecule has 2 amide bonds. The van der Waals surface area contributed by atoms with Gasteiger partial charge in [0.1, 0.15) is 17.4 Å². The third-order valence-electron chi connectivity index (χ3n) is 4.27. The van der Waals surface area contributed by atoms with Crippen LogP contribution in [0.4, 0.5) is 21.6 Å². The fourth-order valence-electron chi connectivity index (χ4n) is 2.91. The highest BCUT2D eigenvalue weighted by Crippen LogP contribution is 2.29. The number of aromatic nitrogens is 1. The maximum atomic E-state index is 13.6. The molecule has 30 heavy (non-hydrogen) atoms. The van der Waals surface area contributed by atoms with Gasteiger partial charge in [-0.2, -0.15) is 0 Å². The molecule has 0 unspecified atom stereocenters. The van der Waals surface area contributed by atoms with Crippen LogP contribution in [0.2, 0.25) is 5.02 Å². The number of ether oxygens (including phenoxy) is 1. The maximum Gasteiger partial charge on any atom is 0.229 e. The predicted octanol–water partition coefficient (Wildman–Crippen LogP) is 4.75. The number of hydrogen-bond donors (Lipinski definition) is 1. The van der Waals surface area contributed by atoms with Crippen LogP contribution < -0.4 is 15.0 Å². The zero-order valence-electron chi connectivity index (χ0n) is 16.4. The van der Waals surface area contributed by atoms with E-state index in [1.807, 2.05) is 0 Å². The van der Waals surface area contributed by atoms with Gasteiger partial charge in [-0.3, -0.25) is 14.5 Å². The van der Waals surface area contributed by atoms with Gasteiger partial charge in [0.15, 0.2) is 0 Å². The van der Waals surface area contributed by atoms with Crippen molar-refractivity contribution >= 4 is 40.6 Å². The summed E-state index contributed by atoms with van der Waals surface area (Å²) in [4.78, 5) is 30.4. The van der Waals surface area contributed by atoms with Crippen LogP contribution in [-0.2, 0) is 16.0 Å². The number of nitrogens with one attached hydrogen (secondary N) is 1. The molecule has 0 fully saturated rings. The van der Waals surface area contributed by atoms with Gasteiger partial charge >= 0.3 is 0 Å². The Morgan fingerprint density at radius 2 is 1.93 bits per heavy atom. The number of amides is 2. The monoisotopic (exact) mass is 427 g/mol. The molecule has 0 saturated carbocycles. The number of halogens is 2. The minimum atomic E-state index is -0.580. The van der Waals surface area contributed by atoms with Gasteiger partial charge in [0.2, 0.25) is 11.8 Å². The molecule has 0 aliphatic heterocycles. The Morgan fingerprint density at radius 3 is 2.67 bits per heavy atom. The van der Waals surface area contributed by atoms with Crippen LogP contribution >= 0.6 is 11.6 Å². The van der Waals surface area contributed by atoms with Crippen molar-refractivity contribution in [2.45, 2.75) is 13.3 Å². The van der Waals surface area contributed by atoms with E-state index in [9.17, 15) is 14.0 Å². The third-order valence-corrected chi connectivity index (χ3v) is 4.69. The molecule has 8 heteroatoms. The first-order valence-electron chi connectivity index (χ1n) is 9.02. The summed E-state index contributed by atoms with van der Waals surface area (Å²) >= 11 is 5.92. The normalized spacial score (nSPS) is 10.4. The highest BCUT2D eigenvalue weighted by molar-refractivity contribution is 6.31. The van der Waals surface area contributed by atoms with Crippen LogP contribution in [0.5, 0.6) is 5.75 Å². The second-order valence-electron chi connectivity index (χ2n) is 6.40. The Kier molecular flexibility index (Phi) is 6.64. The van der Waals surface area contributed by atoms with Crippen molar-refractivity contribution in [3.05, 3.63) is 77.2 Å². The number of nitrogens with zero attached hydrogens (tertiary/aromatic N) is 2. The Bertz CT molecular complexity index is 1090. The number of carbonyl (C=O) groups is 2. The standard InChI is InChI=1S/C22H19ClFN3O3/c1-14(28)27(17-6-4-7-18(13-17)30-2)20-12-16(9-10-25-20)26-21(29)11-15-5-3-8-19(24)22(15)23/h3-10,12-13H,11H2,1-2H3,(H,25,26,29). The van der Waals surface area contributed by atoms with Gasteiger partial charge < -0.3 is 10.1 Å². The lowest BCUT2D eigenvalue weighted by atomic mass is 10.1. The Hall–Kier alpha value is -3.45. The first-order chi connectivity index (χ1) is 14.4. The zero-order chi connectivity index (χ0) is 21.7. The Balaban J connectivity index is 1.82. The predicted molar refractivity (Wildman–Crippen MR) is 114 cm³/mol. The first-order valence-corrected chi connectivity index (χ1v) is 9.40. The van der Waals surface area contributed by atoms with Crippen molar-refractivity contribution in [3.8, 4) is 5.75 Å². The number of rotatable bonds is 6. The Labute approximate surface area is 178 Å². The van der Waals surface area contributed by atoms with Gasteiger partial charge in [0.25, 0.3) is 0 Å². The summed E-state index contributed by atoms with van der Waals surface area (Å²) in [5, 5.41) is 2.64. The average molecular weight is 428 g/mol. The van der Waals surface area contributed by atoms with E-state index in [2.05, 4.69) is 10.3 Å². The van der Waals surface area contributed by atoms with E-state index in [1.165, 1.54) is 37.3 Å². The van der Waals surface area contributed by atoms with Crippen LogP contribution in [0.3, 0.4) is 0 Å². The highest BCUT2D eigenvalue weighted by Gasteiger charge is 2.17. The van der Waals surface area contributed by atoms with Crippen molar-refractivity contribution in [2.24, 2.45) is 0 Å². The molecular formula is C22H19ClFN3O3. The number of carbonyl (C=O) groups excluding carboxylic acids is 2. The van der Waals surface area contributed by atoms with Crippen molar-refractivity contribution < 1.29 is 18.7 Å². The minimum absolute atomic E-state index is 0.0798. The molecule has 0 aliphatic rings. The molecule has 1 N–H and O–H groups in total. The molecule has 0 atom stereocenters. The third kappa shape index (κ3) is 4.93. The summed E-state index contributed by atoms with van der Waals surface area (Å²) in [7, 11) is 1.54. The van der Waals surface area contributed by atoms with Crippen molar-refractivity contribution in [1.29, 1.82) is 0 Å². The Morgan fingerprint density at radius 1 is 1.17 bits per heavy atom. The number of hydrogen-bond acceptors (Lipinski definition) is 4. The smallest absolute Gasteiger partial charge is 0.229 e. The molecule has 0 radical (unpaired) electrons. The van der Waals surface area contributed by atoms with E-state index in [0.29, 0.717) is 28.5 Å². The molecule has 1 heterocycles.